The molecule has 0 N–H and O–H groups in total. The average Bonchev–Trinajstić information content (AvgIpc) is 1.61. The molecule has 2 aromatic carbocycles. The quantitative estimate of drug-likeness (QED) is 0.0207. The first kappa shape index (κ1) is 89.5. The second kappa shape index (κ2) is 69.8. The summed E-state index contributed by atoms with van der Waals surface area (Å²) in [6.07, 6.45) is 91.2. The summed E-state index contributed by atoms with van der Waals surface area (Å²) in [6, 6.07) is 14.5. The Balaban J connectivity index is 0.00000578. The number of benzene rings is 2. The summed E-state index contributed by atoms with van der Waals surface area (Å²) < 4.78 is 1.66. The van der Waals surface area contributed by atoms with E-state index >= 15 is 0 Å². The molecule has 0 unspecified atom stereocenters. The Morgan fingerprint density at radius 1 is 0.304 bits per heavy atom. The smallest absolute Gasteiger partial charge is 0.493 e. The zero-order chi connectivity index (χ0) is 66.0. The molecule has 1 aliphatic heterocycles. The number of hydrogen-bond acceptors (Lipinski definition) is 0. The first-order chi connectivity index (χ1) is 44.9. The molecule has 2 nitrogen and oxygen atoms in total. The second-order valence-corrected chi connectivity index (χ2v) is 28.1. The number of nitrogens with zero attached hydrogens (tertiary/aromatic N) is 2. The van der Waals surface area contributed by atoms with E-state index < -0.39 is 0 Å². The molecule has 532 valence electrons. The van der Waals surface area contributed by atoms with Crippen molar-refractivity contribution < 1.29 is 21.2 Å². The normalized spacial score (nSPS) is 12.3. The van der Waals surface area contributed by atoms with Crippen molar-refractivity contribution in [1.82, 2.24) is 0 Å². The third-order valence-corrected chi connectivity index (χ3v) is 19.3. The van der Waals surface area contributed by atoms with Crippen LogP contribution < -0.4 is 0 Å². The molecule has 92 heavy (non-hydrogen) atoms. The van der Waals surface area contributed by atoms with Crippen molar-refractivity contribution >= 4 is 11.4 Å². The molecule has 0 radical (unpaired) electrons. The van der Waals surface area contributed by atoms with Gasteiger partial charge in [-0.3, -0.25) is 0 Å². The Morgan fingerprint density at radius 2 is 0.576 bits per heavy atom. The maximum atomic E-state index is 12.8. The van der Waals surface area contributed by atoms with Gasteiger partial charge in [-0.15, -0.1) is 0 Å². The van der Waals surface area contributed by atoms with Crippen LogP contribution in [0.2, 0.25) is 0 Å². The van der Waals surface area contributed by atoms with Crippen LogP contribution in [0.25, 0.3) is 16.9 Å². The van der Waals surface area contributed by atoms with Crippen LogP contribution in [0.1, 0.15) is 441 Å². The van der Waals surface area contributed by atoms with Crippen molar-refractivity contribution in [3.63, 3.8) is 0 Å². The first-order valence-electron chi connectivity index (χ1n) is 41.0. The number of allylic oxidation sites excluding steroid dienone is 6. The minimum Gasteiger partial charge on any atom is -0.493 e. The predicted octanol–water partition coefficient (Wildman–Crippen LogP) is 31.4. The van der Waals surface area contributed by atoms with Crippen LogP contribution in [0, 0.1) is 13.8 Å². The van der Waals surface area contributed by atoms with Gasteiger partial charge in [-0.2, -0.15) is 12.8 Å². The third-order valence-electron chi connectivity index (χ3n) is 19.3. The number of unbranched alkanes of at least 4 members (excludes halogenated alkanes) is 46. The minimum absolute atomic E-state index is 0. The van der Waals surface area contributed by atoms with Crippen LogP contribution in [-0.2, 0) is 42.2 Å². The van der Waals surface area contributed by atoms with E-state index in [0.717, 1.165) is 75.6 Å². The fourth-order valence-electron chi connectivity index (χ4n) is 13.2. The molecule has 0 amide bonds. The van der Waals surface area contributed by atoms with E-state index in [9.17, 15) is 5.53 Å². The summed E-state index contributed by atoms with van der Waals surface area (Å²) in [5, 5.41) is 0. The fraction of sp³-hybridized carbons (Fsp3) is 0.753. The van der Waals surface area contributed by atoms with Crippen LogP contribution in [0.3, 0.4) is 0 Å². The van der Waals surface area contributed by atoms with Gasteiger partial charge >= 0.3 is 16.5 Å². The number of hydrogen-bond donors (Lipinski definition) is 0. The van der Waals surface area contributed by atoms with E-state index in [2.05, 4.69) is 129 Å². The molecule has 0 saturated heterocycles. The Bertz CT molecular complexity index is 2020. The molecule has 0 spiro atoms. The maximum absolute atomic E-state index is 12.8. The summed E-state index contributed by atoms with van der Waals surface area (Å²) in [5.74, 6) is 0. The molecule has 3 rings (SSSR count). The number of rotatable bonds is 62. The Kier molecular flexibility index (Phi) is 67.9. The summed E-state index contributed by atoms with van der Waals surface area (Å²) in [4.78, 5) is 0. The van der Waals surface area contributed by atoms with E-state index in [-0.39, 0.29) is 16.5 Å². The molecule has 1 heterocycles. The molecule has 0 atom stereocenters. The molecule has 0 aromatic heterocycles. The topological polar surface area (TPSA) is 25.3 Å². The standard InChI is InChI=1S/C77H130N2.2C6H13.Ni/c1-6-11-16-19-21-23-25-27-29-31-33-35-37-39-41-43-45-47-50-54-59-71-64-62-69(57-52-14-9-4)66-74(71)76-68-73(61-56-49-18-13-8-3)77(79(76)78)75-67-70(58-53-15-10-5)63-65-72(75)60-55-51-48-46-44-42-40-38-36-34-32-30-28-26-24-22-20-17-12-7-2;2*1-3-5-6-4-2;/h47-48,50-51,62-68H,6-46,49,52-61H2,1-5H3;2*1,3-6H2,2H3;/q;2*-1;+2. The van der Waals surface area contributed by atoms with E-state index in [1.807, 2.05) is 0 Å². The average molecular weight is 1310 g/mol. The van der Waals surface area contributed by atoms with Gasteiger partial charge in [-0.25, -0.2) is 4.70 Å². The van der Waals surface area contributed by atoms with Crippen molar-refractivity contribution in [1.29, 1.82) is 0 Å². The van der Waals surface area contributed by atoms with E-state index in [0.29, 0.717) is 0 Å². The van der Waals surface area contributed by atoms with Crippen LogP contribution >= 0.6 is 0 Å². The molecule has 0 bridgehead atoms. The first-order valence-corrected chi connectivity index (χ1v) is 41.0. The van der Waals surface area contributed by atoms with Crippen LogP contribution in [0.5, 0.6) is 0 Å². The largest absolute Gasteiger partial charge is 2.00 e. The zero-order valence-electron chi connectivity index (χ0n) is 62.9. The monoisotopic (exact) mass is 1310 g/mol. The number of aryl methyl sites for hydroxylation is 4. The summed E-state index contributed by atoms with van der Waals surface area (Å²) in [7, 11) is 0. The van der Waals surface area contributed by atoms with Gasteiger partial charge in [0.05, 0.1) is 0 Å². The van der Waals surface area contributed by atoms with Gasteiger partial charge < -0.3 is 19.4 Å². The van der Waals surface area contributed by atoms with E-state index in [4.69, 9.17) is 0 Å². The Labute approximate surface area is 587 Å². The van der Waals surface area contributed by atoms with Crippen molar-refractivity contribution in [2.75, 3.05) is 0 Å². The molecular weight excluding hydrogens is 1160 g/mol. The van der Waals surface area contributed by atoms with Gasteiger partial charge in [0.2, 0.25) is 11.4 Å². The van der Waals surface area contributed by atoms with Gasteiger partial charge in [-0.05, 0) is 124 Å². The van der Waals surface area contributed by atoms with Gasteiger partial charge in [-0.1, -0.05) is 380 Å². The van der Waals surface area contributed by atoms with Crippen LogP contribution in [0.4, 0.5) is 0 Å². The van der Waals surface area contributed by atoms with Gasteiger partial charge in [0.1, 0.15) is 0 Å². The molecular formula is C89H156N2Ni. The Hall–Kier alpha value is -2.51. The molecule has 0 aliphatic carbocycles. The molecule has 2 aromatic rings. The Morgan fingerprint density at radius 3 is 0.913 bits per heavy atom. The van der Waals surface area contributed by atoms with Crippen molar-refractivity contribution in [2.24, 2.45) is 0 Å². The van der Waals surface area contributed by atoms with Gasteiger partial charge in [0.25, 0.3) is 0 Å². The van der Waals surface area contributed by atoms with E-state index in [1.54, 1.807) is 4.70 Å². The van der Waals surface area contributed by atoms with Crippen LogP contribution in [-0.4, -0.2) is 4.70 Å². The summed E-state index contributed by atoms with van der Waals surface area (Å²) in [6.45, 7) is 23.4. The molecule has 0 fully saturated rings. The molecule has 3 heteroatoms. The van der Waals surface area contributed by atoms with Gasteiger partial charge in [0.15, 0.2) is 0 Å². The maximum Gasteiger partial charge on any atom is 2.00 e. The predicted molar refractivity (Wildman–Crippen MR) is 413 cm³/mol. The zero-order valence-corrected chi connectivity index (χ0v) is 63.9. The SMILES string of the molecule is CCCCCCCCCCCCCCCCCCC=CCCc1ccc(CCCCC)cc1C1=CC(CCCCCCC)=C(c2cc(CCCCC)ccc2CCC=CCCCCCCCCCCCCCCCCCC)[N+]1=[N-].[CH2-]CCCCC.[CH2-]CCCCC.[Ni+2]. The summed E-state index contributed by atoms with van der Waals surface area (Å²) in [5.41, 5.74) is 24.2. The third kappa shape index (κ3) is 49.9. The fourth-order valence-corrected chi connectivity index (χ4v) is 13.2. The molecule has 1 aliphatic rings. The van der Waals surface area contributed by atoms with Crippen LogP contribution in [0.15, 0.2) is 72.4 Å². The molecule has 0 saturated carbocycles. The second-order valence-electron chi connectivity index (χ2n) is 28.1. The van der Waals surface area contributed by atoms with Crippen molar-refractivity contribution in [3.05, 3.63) is 125 Å². The van der Waals surface area contributed by atoms with Crippen molar-refractivity contribution in [3.8, 4) is 0 Å². The summed E-state index contributed by atoms with van der Waals surface area (Å²) >= 11 is 0. The minimum atomic E-state index is 0. The van der Waals surface area contributed by atoms with Crippen molar-refractivity contribution in [2.45, 2.75) is 434 Å². The van der Waals surface area contributed by atoms with E-state index in [1.165, 1.54) is 360 Å². The van der Waals surface area contributed by atoms with Gasteiger partial charge in [0, 0.05) is 22.8 Å².